The van der Waals surface area contributed by atoms with E-state index in [2.05, 4.69) is 4.98 Å². The number of nitrogens with zero attached hydrogens (tertiary/aromatic N) is 2. The van der Waals surface area contributed by atoms with E-state index < -0.39 is 0 Å². The second-order valence-corrected chi connectivity index (χ2v) is 4.14. The van der Waals surface area contributed by atoms with Gasteiger partial charge in [0, 0.05) is 12.7 Å². The highest BCUT2D eigenvalue weighted by atomic mass is 16.5. The Morgan fingerprint density at radius 2 is 2.05 bits per heavy atom. The van der Waals surface area contributed by atoms with Gasteiger partial charge < -0.3 is 15.2 Å². The summed E-state index contributed by atoms with van der Waals surface area (Å²) in [5.74, 6) is 1.28. The fourth-order valence-corrected chi connectivity index (χ4v) is 1.74. The van der Waals surface area contributed by atoms with Crippen molar-refractivity contribution in [2.45, 2.75) is 13.2 Å². The molecule has 5 heteroatoms. The molecule has 102 valence electrons. The molecule has 0 unspecified atom stereocenters. The molecule has 5 nitrogen and oxygen atoms in total. The third kappa shape index (κ3) is 3.25. The second kappa shape index (κ2) is 6.55. The molecule has 0 atom stereocenters. The van der Waals surface area contributed by atoms with Gasteiger partial charge in [-0.3, -0.25) is 0 Å². The van der Waals surface area contributed by atoms with Gasteiger partial charge in [-0.25, -0.2) is 4.98 Å². The van der Waals surface area contributed by atoms with Crippen molar-refractivity contribution < 1.29 is 9.47 Å². The summed E-state index contributed by atoms with van der Waals surface area (Å²) in [5.41, 5.74) is 7.81. The molecule has 0 spiro atoms. The van der Waals surface area contributed by atoms with E-state index in [0.29, 0.717) is 30.3 Å². The standard InChI is InChI=1S/C15H15N3O2/c1-19-15-7-11(8-16)2-3-14(15)20-10-12-4-5-18-13(6-12)9-17/h2-7H,8,10,16H2,1H3. The molecule has 0 aliphatic rings. The van der Waals surface area contributed by atoms with Crippen LogP contribution >= 0.6 is 0 Å². The molecule has 0 saturated carbocycles. The highest BCUT2D eigenvalue weighted by Gasteiger charge is 2.06. The zero-order valence-corrected chi connectivity index (χ0v) is 11.2. The maximum Gasteiger partial charge on any atom is 0.161 e. The molecule has 2 rings (SSSR count). The summed E-state index contributed by atoms with van der Waals surface area (Å²) in [4.78, 5) is 3.91. The Morgan fingerprint density at radius 3 is 2.75 bits per heavy atom. The molecular formula is C15H15N3O2. The van der Waals surface area contributed by atoms with E-state index in [0.717, 1.165) is 11.1 Å². The minimum Gasteiger partial charge on any atom is -0.493 e. The lowest BCUT2D eigenvalue weighted by Crippen LogP contribution is -2.01. The lowest BCUT2D eigenvalue weighted by atomic mass is 10.2. The molecule has 0 aliphatic carbocycles. The SMILES string of the molecule is COc1cc(CN)ccc1OCc1ccnc(C#N)c1. The Bertz CT molecular complexity index is 635. The number of hydrogen-bond donors (Lipinski definition) is 1. The molecule has 1 aromatic carbocycles. The first kappa shape index (κ1) is 13.8. The third-order valence-corrected chi connectivity index (χ3v) is 2.80. The first-order chi connectivity index (χ1) is 9.76. The Labute approximate surface area is 117 Å². The van der Waals surface area contributed by atoms with Crippen LogP contribution in [0.5, 0.6) is 11.5 Å². The van der Waals surface area contributed by atoms with E-state index in [1.54, 1.807) is 19.4 Å². The molecule has 0 bridgehead atoms. The van der Waals surface area contributed by atoms with Crippen molar-refractivity contribution in [2.24, 2.45) is 5.73 Å². The maximum absolute atomic E-state index is 8.80. The quantitative estimate of drug-likeness (QED) is 0.897. The molecule has 0 saturated heterocycles. The average molecular weight is 269 g/mol. The number of benzene rings is 1. The summed E-state index contributed by atoms with van der Waals surface area (Å²) in [5, 5.41) is 8.80. The van der Waals surface area contributed by atoms with Crippen molar-refractivity contribution in [1.29, 1.82) is 5.26 Å². The summed E-state index contributed by atoms with van der Waals surface area (Å²) < 4.78 is 11.0. The van der Waals surface area contributed by atoms with E-state index in [4.69, 9.17) is 20.5 Å². The van der Waals surface area contributed by atoms with Gasteiger partial charge in [0.15, 0.2) is 11.5 Å². The van der Waals surface area contributed by atoms with E-state index in [9.17, 15) is 0 Å². The van der Waals surface area contributed by atoms with Gasteiger partial charge in [-0.2, -0.15) is 5.26 Å². The smallest absolute Gasteiger partial charge is 0.161 e. The normalized spacial score (nSPS) is 9.85. The van der Waals surface area contributed by atoms with Crippen molar-refractivity contribution in [3.05, 3.63) is 53.3 Å². The molecule has 2 aromatic rings. The van der Waals surface area contributed by atoms with Crippen LogP contribution in [-0.2, 0) is 13.2 Å². The summed E-state index contributed by atoms with van der Waals surface area (Å²) in [7, 11) is 1.59. The zero-order valence-electron chi connectivity index (χ0n) is 11.2. The van der Waals surface area contributed by atoms with Gasteiger partial charge in [-0.05, 0) is 35.4 Å². The Morgan fingerprint density at radius 1 is 1.20 bits per heavy atom. The number of nitrogens with two attached hydrogens (primary N) is 1. The van der Waals surface area contributed by atoms with Crippen LogP contribution in [0.15, 0.2) is 36.5 Å². The van der Waals surface area contributed by atoms with Crippen LogP contribution in [0.3, 0.4) is 0 Å². The predicted octanol–water partition coefficient (Wildman–Crippen LogP) is 2.00. The van der Waals surface area contributed by atoms with Crippen LogP contribution in [0.2, 0.25) is 0 Å². The Kier molecular flexibility index (Phi) is 4.53. The van der Waals surface area contributed by atoms with Crippen LogP contribution < -0.4 is 15.2 Å². The maximum atomic E-state index is 8.80. The van der Waals surface area contributed by atoms with Gasteiger partial charge in [-0.15, -0.1) is 0 Å². The van der Waals surface area contributed by atoms with E-state index >= 15 is 0 Å². The summed E-state index contributed by atoms with van der Waals surface area (Å²) in [6.45, 7) is 0.794. The van der Waals surface area contributed by atoms with E-state index in [1.165, 1.54) is 0 Å². The number of methoxy groups -OCH3 is 1. The molecule has 1 aromatic heterocycles. The predicted molar refractivity (Wildman–Crippen MR) is 74.2 cm³/mol. The number of rotatable bonds is 5. The highest BCUT2D eigenvalue weighted by Crippen LogP contribution is 2.28. The van der Waals surface area contributed by atoms with Gasteiger partial charge in [-0.1, -0.05) is 6.07 Å². The summed E-state index contributed by atoms with van der Waals surface area (Å²) in [6.07, 6.45) is 1.59. The number of ether oxygens (including phenoxy) is 2. The van der Waals surface area contributed by atoms with Crippen LogP contribution in [0.25, 0.3) is 0 Å². The van der Waals surface area contributed by atoms with Crippen molar-refractivity contribution >= 4 is 0 Å². The minimum atomic E-state index is 0.343. The lowest BCUT2D eigenvalue weighted by Gasteiger charge is -2.11. The van der Waals surface area contributed by atoms with Crippen LogP contribution in [0, 0.1) is 11.3 Å². The van der Waals surface area contributed by atoms with Crippen molar-refractivity contribution in [1.82, 2.24) is 4.98 Å². The molecule has 20 heavy (non-hydrogen) atoms. The first-order valence-electron chi connectivity index (χ1n) is 6.11. The molecule has 0 aliphatic heterocycles. The van der Waals surface area contributed by atoms with Crippen molar-refractivity contribution in [2.75, 3.05) is 7.11 Å². The minimum absolute atomic E-state index is 0.343. The zero-order chi connectivity index (χ0) is 14.4. The molecule has 0 fully saturated rings. The largest absolute Gasteiger partial charge is 0.493 e. The Hall–Kier alpha value is -2.58. The van der Waals surface area contributed by atoms with Gasteiger partial charge in [0.05, 0.1) is 7.11 Å². The monoisotopic (exact) mass is 269 g/mol. The molecule has 1 heterocycles. The summed E-state index contributed by atoms with van der Waals surface area (Å²) >= 11 is 0. The van der Waals surface area contributed by atoms with Gasteiger partial charge >= 0.3 is 0 Å². The topological polar surface area (TPSA) is 81.2 Å². The number of aromatic nitrogens is 1. The molecular weight excluding hydrogens is 254 g/mol. The van der Waals surface area contributed by atoms with Crippen LogP contribution in [0.4, 0.5) is 0 Å². The third-order valence-electron chi connectivity index (χ3n) is 2.80. The van der Waals surface area contributed by atoms with Crippen molar-refractivity contribution in [3.8, 4) is 17.6 Å². The number of nitriles is 1. The fraction of sp³-hybridized carbons (Fsp3) is 0.200. The summed E-state index contributed by atoms with van der Waals surface area (Å²) in [6, 6.07) is 11.1. The lowest BCUT2D eigenvalue weighted by molar-refractivity contribution is 0.284. The molecule has 0 radical (unpaired) electrons. The highest BCUT2D eigenvalue weighted by molar-refractivity contribution is 5.43. The number of hydrogen-bond acceptors (Lipinski definition) is 5. The molecule has 2 N–H and O–H groups in total. The van der Waals surface area contributed by atoms with Gasteiger partial charge in [0.1, 0.15) is 18.4 Å². The van der Waals surface area contributed by atoms with Crippen LogP contribution in [-0.4, -0.2) is 12.1 Å². The van der Waals surface area contributed by atoms with Crippen LogP contribution in [0.1, 0.15) is 16.8 Å². The number of pyridine rings is 1. The fourth-order valence-electron chi connectivity index (χ4n) is 1.74. The second-order valence-electron chi connectivity index (χ2n) is 4.14. The Balaban J connectivity index is 2.12. The van der Waals surface area contributed by atoms with Gasteiger partial charge in [0.25, 0.3) is 0 Å². The van der Waals surface area contributed by atoms with Crippen molar-refractivity contribution in [3.63, 3.8) is 0 Å². The molecule has 0 amide bonds. The average Bonchev–Trinajstić information content (AvgIpc) is 2.52. The van der Waals surface area contributed by atoms with E-state index in [-0.39, 0.29) is 0 Å². The van der Waals surface area contributed by atoms with Gasteiger partial charge in [0.2, 0.25) is 0 Å². The van der Waals surface area contributed by atoms with E-state index in [1.807, 2.05) is 30.3 Å². The first-order valence-corrected chi connectivity index (χ1v) is 6.11.